The third kappa shape index (κ3) is 3.72. The molecule has 1 N–H and O–H groups in total. The number of rotatable bonds is 2. The molecule has 1 aliphatic heterocycles. The molecule has 0 spiro atoms. The molecule has 2 aliphatic rings. The molecule has 31 heavy (non-hydrogen) atoms. The van der Waals surface area contributed by atoms with E-state index in [1.165, 1.54) is 0 Å². The smallest absolute Gasteiger partial charge is 0.255 e. The zero-order valence-electron chi connectivity index (χ0n) is 17.6. The molecule has 1 aromatic heterocycles. The van der Waals surface area contributed by atoms with Crippen LogP contribution in [0.2, 0.25) is 0 Å². The predicted octanol–water partition coefficient (Wildman–Crippen LogP) is 3.93. The number of piperazine rings is 1. The SMILES string of the molecule is CC1CC(=Cc2ccccc2)c2nc3ccccc3c(C(=O)N3CCNC(=O)C3)c2C1. The summed E-state index contributed by atoms with van der Waals surface area (Å²) in [6.45, 7) is 3.34. The first kappa shape index (κ1) is 19.5. The number of benzene rings is 2. The van der Waals surface area contributed by atoms with Crippen molar-refractivity contribution in [3.63, 3.8) is 0 Å². The number of carbonyl (C=O) groups is 2. The first-order chi connectivity index (χ1) is 15.1. The third-order valence-corrected chi connectivity index (χ3v) is 6.10. The zero-order chi connectivity index (χ0) is 21.4. The van der Waals surface area contributed by atoms with Crippen LogP contribution in [-0.2, 0) is 11.2 Å². The van der Waals surface area contributed by atoms with Crippen molar-refractivity contribution in [3.8, 4) is 0 Å². The van der Waals surface area contributed by atoms with Crippen LogP contribution >= 0.6 is 0 Å². The van der Waals surface area contributed by atoms with Gasteiger partial charge in [0.25, 0.3) is 5.91 Å². The molecule has 2 amide bonds. The molecule has 2 aromatic carbocycles. The van der Waals surface area contributed by atoms with Gasteiger partial charge in [-0.2, -0.15) is 0 Å². The first-order valence-electron chi connectivity index (χ1n) is 10.8. The van der Waals surface area contributed by atoms with Gasteiger partial charge < -0.3 is 10.2 Å². The van der Waals surface area contributed by atoms with Gasteiger partial charge in [0.2, 0.25) is 5.91 Å². The maximum Gasteiger partial charge on any atom is 0.255 e. The summed E-state index contributed by atoms with van der Waals surface area (Å²) in [6, 6.07) is 18.1. The molecule has 1 saturated heterocycles. The second-order valence-electron chi connectivity index (χ2n) is 8.50. The molecular formula is C26H25N3O2. The third-order valence-electron chi connectivity index (χ3n) is 6.10. The lowest BCUT2D eigenvalue weighted by molar-refractivity contribution is -0.123. The topological polar surface area (TPSA) is 62.3 Å². The van der Waals surface area contributed by atoms with Crippen LogP contribution < -0.4 is 5.32 Å². The van der Waals surface area contributed by atoms with Crippen LogP contribution in [0.25, 0.3) is 22.6 Å². The predicted molar refractivity (Wildman–Crippen MR) is 122 cm³/mol. The molecule has 1 aliphatic carbocycles. The van der Waals surface area contributed by atoms with Crippen LogP contribution in [0.5, 0.6) is 0 Å². The Morgan fingerprint density at radius 3 is 2.68 bits per heavy atom. The fourth-order valence-corrected chi connectivity index (χ4v) is 4.70. The van der Waals surface area contributed by atoms with Gasteiger partial charge in [-0.1, -0.05) is 55.5 Å². The van der Waals surface area contributed by atoms with Crippen LogP contribution in [0.4, 0.5) is 0 Å². The highest BCUT2D eigenvalue weighted by molar-refractivity contribution is 6.10. The molecular weight excluding hydrogens is 386 g/mol. The summed E-state index contributed by atoms with van der Waals surface area (Å²) in [5.74, 6) is 0.226. The van der Waals surface area contributed by atoms with E-state index in [1.807, 2.05) is 42.5 Å². The van der Waals surface area contributed by atoms with Crippen molar-refractivity contribution in [2.45, 2.75) is 19.8 Å². The molecule has 1 unspecified atom stereocenters. The second kappa shape index (κ2) is 7.99. The Bertz CT molecular complexity index is 1200. The fourth-order valence-electron chi connectivity index (χ4n) is 4.70. The molecule has 1 atom stereocenters. The number of carbonyl (C=O) groups excluding carboxylic acids is 2. The Morgan fingerprint density at radius 2 is 1.87 bits per heavy atom. The minimum absolute atomic E-state index is 0.0714. The van der Waals surface area contributed by atoms with E-state index in [-0.39, 0.29) is 18.4 Å². The number of fused-ring (bicyclic) bond motifs is 2. The number of amides is 2. The molecule has 5 nitrogen and oxygen atoms in total. The van der Waals surface area contributed by atoms with Crippen molar-refractivity contribution in [2.75, 3.05) is 19.6 Å². The summed E-state index contributed by atoms with van der Waals surface area (Å²) in [5.41, 5.74) is 5.76. The molecule has 0 bridgehead atoms. The normalized spacial score (nSPS) is 19.9. The van der Waals surface area contributed by atoms with Gasteiger partial charge in [0.1, 0.15) is 0 Å². The van der Waals surface area contributed by atoms with E-state index < -0.39 is 0 Å². The van der Waals surface area contributed by atoms with Gasteiger partial charge in [-0.15, -0.1) is 0 Å². The summed E-state index contributed by atoms with van der Waals surface area (Å²) in [4.78, 5) is 32.3. The Hall–Kier alpha value is -3.47. The monoisotopic (exact) mass is 411 g/mol. The van der Waals surface area contributed by atoms with Gasteiger partial charge >= 0.3 is 0 Å². The van der Waals surface area contributed by atoms with Crippen molar-refractivity contribution >= 4 is 34.4 Å². The van der Waals surface area contributed by atoms with Crippen molar-refractivity contribution in [3.05, 3.63) is 77.0 Å². The Kier molecular flexibility index (Phi) is 5.02. The lowest BCUT2D eigenvalue weighted by Gasteiger charge is -2.31. The Labute approximate surface area is 181 Å². The van der Waals surface area contributed by atoms with Gasteiger partial charge in [0.05, 0.1) is 23.3 Å². The van der Waals surface area contributed by atoms with Crippen molar-refractivity contribution < 1.29 is 9.59 Å². The average Bonchev–Trinajstić information content (AvgIpc) is 2.78. The standard InChI is InChI=1S/C26H25N3O2/c1-17-13-19(15-18-7-3-2-4-8-18)25-21(14-17)24(20-9-5-6-10-22(20)28-25)26(31)29-12-11-27-23(30)16-29/h2-10,15,17H,11-14,16H2,1H3,(H,27,30). The summed E-state index contributed by atoms with van der Waals surface area (Å²) >= 11 is 0. The molecule has 5 rings (SSSR count). The number of aromatic nitrogens is 1. The zero-order valence-corrected chi connectivity index (χ0v) is 17.6. The van der Waals surface area contributed by atoms with Crippen LogP contribution in [0.1, 0.15) is 40.5 Å². The number of para-hydroxylation sites is 1. The summed E-state index contributed by atoms with van der Waals surface area (Å²) < 4.78 is 0. The second-order valence-corrected chi connectivity index (χ2v) is 8.50. The van der Waals surface area contributed by atoms with E-state index >= 15 is 0 Å². The quantitative estimate of drug-likeness (QED) is 0.695. The minimum atomic E-state index is -0.107. The highest BCUT2D eigenvalue weighted by Crippen LogP contribution is 2.39. The summed E-state index contributed by atoms with van der Waals surface area (Å²) in [7, 11) is 0. The molecule has 1 fully saturated rings. The van der Waals surface area contributed by atoms with Crippen molar-refractivity contribution in [1.29, 1.82) is 0 Å². The van der Waals surface area contributed by atoms with E-state index in [1.54, 1.807) is 4.90 Å². The molecule has 0 saturated carbocycles. The van der Waals surface area contributed by atoms with Crippen LogP contribution in [0, 0.1) is 5.92 Å². The molecule has 0 radical (unpaired) electrons. The number of hydrogen-bond donors (Lipinski definition) is 1. The number of hydrogen-bond acceptors (Lipinski definition) is 3. The maximum absolute atomic E-state index is 13.7. The fraction of sp³-hybridized carbons (Fsp3) is 0.269. The Morgan fingerprint density at radius 1 is 1.10 bits per heavy atom. The lowest BCUT2D eigenvalue weighted by atomic mass is 9.80. The molecule has 2 heterocycles. The van der Waals surface area contributed by atoms with Gasteiger partial charge in [-0.05, 0) is 47.6 Å². The molecule has 156 valence electrons. The molecule has 5 heteroatoms. The largest absolute Gasteiger partial charge is 0.353 e. The highest BCUT2D eigenvalue weighted by Gasteiger charge is 2.31. The van der Waals surface area contributed by atoms with Gasteiger partial charge in [0, 0.05) is 18.5 Å². The van der Waals surface area contributed by atoms with E-state index in [9.17, 15) is 9.59 Å². The first-order valence-corrected chi connectivity index (χ1v) is 10.8. The van der Waals surface area contributed by atoms with E-state index in [4.69, 9.17) is 4.98 Å². The van der Waals surface area contributed by atoms with Crippen LogP contribution in [-0.4, -0.2) is 41.3 Å². The Balaban J connectivity index is 1.71. The van der Waals surface area contributed by atoms with Crippen molar-refractivity contribution in [1.82, 2.24) is 15.2 Å². The van der Waals surface area contributed by atoms with Crippen molar-refractivity contribution in [2.24, 2.45) is 5.92 Å². The number of nitrogens with one attached hydrogen (secondary N) is 1. The van der Waals surface area contributed by atoms with Gasteiger partial charge in [0.15, 0.2) is 0 Å². The number of nitrogens with zero attached hydrogens (tertiary/aromatic N) is 2. The summed E-state index contributed by atoms with van der Waals surface area (Å²) in [5, 5.41) is 3.67. The highest BCUT2D eigenvalue weighted by atomic mass is 16.2. The van der Waals surface area contributed by atoms with Gasteiger partial charge in [-0.25, -0.2) is 4.98 Å². The maximum atomic E-state index is 13.7. The van der Waals surface area contributed by atoms with E-state index in [2.05, 4.69) is 30.4 Å². The van der Waals surface area contributed by atoms with E-state index in [0.717, 1.165) is 46.1 Å². The number of pyridine rings is 1. The molecule has 3 aromatic rings. The lowest BCUT2D eigenvalue weighted by Crippen LogP contribution is -2.50. The van der Waals surface area contributed by atoms with Crippen LogP contribution in [0.15, 0.2) is 54.6 Å². The van der Waals surface area contributed by atoms with Gasteiger partial charge in [-0.3, -0.25) is 9.59 Å². The summed E-state index contributed by atoms with van der Waals surface area (Å²) in [6.07, 6.45) is 3.92. The minimum Gasteiger partial charge on any atom is -0.353 e. The number of allylic oxidation sites excluding steroid dienone is 1. The van der Waals surface area contributed by atoms with E-state index in [0.29, 0.717) is 24.6 Å². The average molecular weight is 412 g/mol. The van der Waals surface area contributed by atoms with Crippen LogP contribution in [0.3, 0.4) is 0 Å².